The van der Waals surface area contributed by atoms with Crippen molar-refractivity contribution >= 4 is 0 Å². The molecule has 0 heterocycles. The van der Waals surface area contributed by atoms with Gasteiger partial charge in [0.1, 0.15) is 0 Å². The van der Waals surface area contributed by atoms with E-state index in [0.29, 0.717) is 6.61 Å². The van der Waals surface area contributed by atoms with E-state index in [2.05, 4.69) is 5.43 Å². The van der Waals surface area contributed by atoms with Crippen LogP contribution < -0.4 is 11.3 Å². The molecule has 1 fully saturated rings. The standard InChI is InChI=1S/C11H24N2O2/c1-3-14-9-10(13-12)11(15-4-2)7-5-6-8-11/h10,13H,3-9,12H2,1-2H3. The van der Waals surface area contributed by atoms with Gasteiger partial charge < -0.3 is 9.47 Å². The summed E-state index contributed by atoms with van der Waals surface area (Å²) in [5.74, 6) is 5.60. The largest absolute Gasteiger partial charge is 0.380 e. The number of hydrogen-bond donors (Lipinski definition) is 2. The molecule has 1 aliphatic carbocycles. The molecule has 0 amide bonds. The Hall–Kier alpha value is -0.160. The number of hydrazine groups is 1. The van der Waals surface area contributed by atoms with Gasteiger partial charge in [0.15, 0.2) is 0 Å². The van der Waals surface area contributed by atoms with Gasteiger partial charge in [0.2, 0.25) is 0 Å². The minimum absolute atomic E-state index is 0.0985. The molecule has 3 N–H and O–H groups in total. The summed E-state index contributed by atoms with van der Waals surface area (Å²) in [4.78, 5) is 0. The molecule has 90 valence electrons. The first-order chi connectivity index (χ1) is 7.29. The van der Waals surface area contributed by atoms with Gasteiger partial charge in [-0.2, -0.15) is 0 Å². The molecule has 0 aliphatic heterocycles. The van der Waals surface area contributed by atoms with Crippen LogP contribution in [0.2, 0.25) is 0 Å². The van der Waals surface area contributed by atoms with Crippen LogP contribution in [0.15, 0.2) is 0 Å². The zero-order chi connectivity index (χ0) is 11.1. The summed E-state index contributed by atoms with van der Waals surface area (Å²) < 4.78 is 11.4. The molecule has 1 aliphatic rings. The van der Waals surface area contributed by atoms with E-state index in [-0.39, 0.29) is 11.6 Å². The first-order valence-corrected chi connectivity index (χ1v) is 5.97. The summed E-state index contributed by atoms with van der Waals surface area (Å²) in [6.45, 7) is 6.13. The molecular weight excluding hydrogens is 192 g/mol. The fraction of sp³-hybridized carbons (Fsp3) is 1.00. The zero-order valence-corrected chi connectivity index (χ0v) is 9.92. The number of nitrogens with one attached hydrogen (secondary N) is 1. The highest BCUT2D eigenvalue weighted by molar-refractivity contribution is 4.96. The van der Waals surface area contributed by atoms with Crippen molar-refractivity contribution in [1.82, 2.24) is 5.43 Å². The second-order valence-corrected chi connectivity index (χ2v) is 4.08. The number of rotatable bonds is 7. The Morgan fingerprint density at radius 2 is 1.93 bits per heavy atom. The fourth-order valence-corrected chi connectivity index (χ4v) is 2.44. The van der Waals surface area contributed by atoms with Crippen LogP contribution in [0.1, 0.15) is 39.5 Å². The highest BCUT2D eigenvalue weighted by Crippen LogP contribution is 2.36. The lowest BCUT2D eigenvalue weighted by atomic mass is 9.93. The molecule has 1 atom stereocenters. The Bertz CT molecular complexity index is 170. The Morgan fingerprint density at radius 1 is 1.27 bits per heavy atom. The minimum atomic E-state index is -0.0985. The summed E-state index contributed by atoms with van der Waals surface area (Å²) in [7, 11) is 0. The minimum Gasteiger partial charge on any atom is -0.380 e. The second-order valence-electron chi connectivity index (χ2n) is 4.08. The lowest BCUT2D eigenvalue weighted by Crippen LogP contribution is -2.56. The number of hydrogen-bond acceptors (Lipinski definition) is 4. The quantitative estimate of drug-likeness (QED) is 0.496. The molecule has 0 aromatic carbocycles. The SMILES string of the molecule is CCOCC(NN)C1(OCC)CCCC1. The van der Waals surface area contributed by atoms with E-state index in [0.717, 1.165) is 26.1 Å². The number of ether oxygens (including phenoxy) is 2. The van der Waals surface area contributed by atoms with Crippen LogP contribution in [0, 0.1) is 0 Å². The molecule has 15 heavy (non-hydrogen) atoms. The molecule has 4 nitrogen and oxygen atoms in total. The van der Waals surface area contributed by atoms with E-state index in [4.69, 9.17) is 15.3 Å². The van der Waals surface area contributed by atoms with E-state index in [1.165, 1.54) is 12.8 Å². The molecule has 0 spiro atoms. The van der Waals surface area contributed by atoms with Gasteiger partial charge in [0.05, 0.1) is 18.2 Å². The van der Waals surface area contributed by atoms with Crippen LogP contribution in [0.4, 0.5) is 0 Å². The normalized spacial score (nSPS) is 21.8. The lowest BCUT2D eigenvalue weighted by molar-refractivity contribution is -0.0796. The average Bonchev–Trinajstić information content (AvgIpc) is 2.69. The highest BCUT2D eigenvalue weighted by atomic mass is 16.5. The maximum atomic E-state index is 5.92. The zero-order valence-electron chi connectivity index (χ0n) is 9.92. The van der Waals surface area contributed by atoms with Gasteiger partial charge >= 0.3 is 0 Å². The van der Waals surface area contributed by atoms with Crippen LogP contribution in [0.5, 0.6) is 0 Å². The van der Waals surface area contributed by atoms with Crippen LogP contribution in [-0.2, 0) is 9.47 Å². The van der Waals surface area contributed by atoms with Crippen molar-refractivity contribution in [3.63, 3.8) is 0 Å². The average molecular weight is 216 g/mol. The fourth-order valence-electron chi connectivity index (χ4n) is 2.44. The molecule has 1 saturated carbocycles. The molecule has 4 heteroatoms. The Balaban J connectivity index is 2.58. The first-order valence-electron chi connectivity index (χ1n) is 5.97. The van der Waals surface area contributed by atoms with E-state index < -0.39 is 0 Å². The summed E-state index contributed by atoms with van der Waals surface area (Å²) in [5.41, 5.74) is 2.76. The molecule has 0 radical (unpaired) electrons. The maximum absolute atomic E-state index is 5.92. The van der Waals surface area contributed by atoms with Crippen LogP contribution in [0.25, 0.3) is 0 Å². The van der Waals surface area contributed by atoms with Crippen LogP contribution in [0.3, 0.4) is 0 Å². The van der Waals surface area contributed by atoms with Gasteiger partial charge in [-0.3, -0.25) is 11.3 Å². The smallest absolute Gasteiger partial charge is 0.0870 e. The topological polar surface area (TPSA) is 56.5 Å². The molecule has 0 aromatic heterocycles. The van der Waals surface area contributed by atoms with Gasteiger partial charge in [0.25, 0.3) is 0 Å². The van der Waals surface area contributed by atoms with Gasteiger partial charge in [-0.15, -0.1) is 0 Å². The third kappa shape index (κ3) is 3.14. The Kier molecular flexibility index (Phi) is 5.53. The third-order valence-corrected chi connectivity index (χ3v) is 3.21. The van der Waals surface area contributed by atoms with Crippen molar-refractivity contribution < 1.29 is 9.47 Å². The van der Waals surface area contributed by atoms with Crippen molar-refractivity contribution in [2.24, 2.45) is 5.84 Å². The van der Waals surface area contributed by atoms with E-state index >= 15 is 0 Å². The molecule has 0 saturated heterocycles. The van der Waals surface area contributed by atoms with E-state index in [9.17, 15) is 0 Å². The van der Waals surface area contributed by atoms with Crippen molar-refractivity contribution in [1.29, 1.82) is 0 Å². The Labute approximate surface area is 92.5 Å². The third-order valence-electron chi connectivity index (χ3n) is 3.21. The van der Waals surface area contributed by atoms with Crippen molar-refractivity contribution in [2.75, 3.05) is 19.8 Å². The highest BCUT2D eigenvalue weighted by Gasteiger charge is 2.41. The lowest BCUT2D eigenvalue weighted by Gasteiger charge is -2.36. The molecular formula is C11H24N2O2. The van der Waals surface area contributed by atoms with Gasteiger partial charge in [-0.1, -0.05) is 12.8 Å². The predicted octanol–water partition coefficient (Wildman–Crippen LogP) is 1.20. The summed E-state index contributed by atoms with van der Waals surface area (Å²) >= 11 is 0. The first kappa shape index (κ1) is 12.9. The van der Waals surface area contributed by atoms with Gasteiger partial charge in [-0.05, 0) is 26.7 Å². The molecule has 1 unspecified atom stereocenters. The van der Waals surface area contributed by atoms with E-state index in [1.54, 1.807) is 0 Å². The summed E-state index contributed by atoms with van der Waals surface area (Å²) in [6, 6.07) is 0.111. The second kappa shape index (κ2) is 6.43. The van der Waals surface area contributed by atoms with Crippen molar-refractivity contribution in [3.05, 3.63) is 0 Å². The number of nitrogens with two attached hydrogens (primary N) is 1. The molecule has 0 aromatic rings. The van der Waals surface area contributed by atoms with Gasteiger partial charge in [-0.25, -0.2) is 0 Å². The summed E-state index contributed by atoms with van der Waals surface area (Å²) in [6.07, 6.45) is 4.63. The Morgan fingerprint density at radius 3 is 2.40 bits per heavy atom. The van der Waals surface area contributed by atoms with Crippen molar-refractivity contribution in [2.45, 2.75) is 51.2 Å². The monoisotopic (exact) mass is 216 g/mol. The maximum Gasteiger partial charge on any atom is 0.0870 e. The summed E-state index contributed by atoms with van der Waals surface area (Å²) in [5, 5.41) is 0. The van der Waals surface area contributed by atoms with Crippen LogP contribution >= 0.6 is 0 Å². The molecule has 1 rings (SSSR count). The predicted molar refractivity (Wildman–Crippen MR) is 60.4 cm³/mol. The van der Waals surface area contributed by atoms with Crippen LogP contribution in [-0.4, -0.2) is 31.5 Å². The van der Waals surface area contributed by atoms with Crippen molar-refractivity contribution in [3.8, 4) is 0 Å². The van der Waals surface area contributed by atoms with Gasteiger partial charge in [0, 0.05) is 13.2 Å². The van der Waals surface area contributed by atoms with E-state index in [1.807, 2.05) is 13.8 Å². The molecule has 0 bridgehead atoms.